The van der Waals surface area contributed by atoms with E-state index in [9.17, 15) is 4.79 Å². The van der Waals surface area contributed by atoms with Gasteiger partial charge in [0.05, 0.1) is 18.7 Å². The molecule has 6 nitrogen and oxygen atoms in total. The molecular formula is C20H26N4O2. The predicted molar refractivity (Wildman–Crippen MR) is 101 cm³/mol. The molecule has 1 amide bonds. The molecule has 1 saturated heterocycles. The minimum absolute atomic E-state index is 0.165. The van der Waals surface area contributed by atoms with E-state index in [1.54, 1.807) is 12.4 Å². The van der Waals surface area contributed by atoms with Gasteiger partial charge in [-0.25, -0.2) is 4.98 Å². The molecule has 0 bridgehead atoms. The van der Waals surface area contributed by atoms with Crippen molar-refractivity contribution >= 4 is 11.7 Å². The molecule has 2 heterocycles. The minimum atomic E-state index is 0.165. The van der Waals surface area contributed by atoms with Crippen molar-refractivity contribution in [3.8, 4) is 5.75 Å². The average Bonchev–Trinajstić information content (AvgIpc) is 2.69. The summed E-state index contributed by atoms with van der Waals surface area (Å²) in [5.74, 6) is 2.22. The van der Waals surface area contributed by atoms with E-state index in [4.69, 9.17) is 4.74 Å². The molecule has 26 heavy (non-hydrogen) atoms. The number of para-hydroxylation sites is 1. The van der Waals surface area contributed by atoms with Crippen molar-refractivity contribution in [3.05, 3.63) is 48.4 Å². The number of piperidine rings is 1. The first-order valence-corrected chi connectivity index (χ1v) is 9.19. The summed E-state index contributed by atoms with van der Waals surface area (Å²) in [6, 6.07) is 9.61. The van der Waals surface area contributed by atoms with Crippen LogP contribution in [0.3, 0.4) is 0 Å². The van der Waals surface area contributed by atoms with Crippen molar-refractivity contribution in [2.45, 2.75) is 25.7 Å². The molecule has 0 aliphatic carbocycles. The molecule has 0 saturated carbocycles. The molecule has 1 aliphatic heterocycles. The molecule has 1 aromatic heterocycles. The van der Waals surface area contributed by atoms with E-state index in [-0.39, 0.29) is 5.91 Å². The quantitative estimate of drug-likeness (QED) is 0.828. The van der Waals surface area contributed by atoms with Crippen molar-refractivity contribution in [1.82, 2.24) is 14.9 Å². The summed E-state index contributed by atoms with van der Waals surface area (Å²) in [6.45, 7) is 2.03. The number of hydrogen-bond acceptors (Lipinski definition) is 5. The normalized spacial score (nSPS) is 17.0. The number of likely N-dealkylation sites (tertiary alicyclic amines) is 1. The molecule has 1 unspecified atom stereocenters. The van der Waals surface area contributed by atoms with Crippen LogP contribution >= 0.6 is 0 Å². The maximum absolute atomic E-state index is 12.5. The average molecular weight is 354 g/mol. The molecule has 1 fully saturated rings. The van der Waals surface area contributed by atoms with Crippen LogP contribution < -0.4 is 10.1 Å². The van der Waals surface area contributed by atoms with E-state index in [0.29, 0.717) is 18.9 Å². The summed E-state index contributed by atoms with van der Waals surface area (Å²) in [6.07, 6.45) is 6.82. The zero-order valence-electron chi connectivity index (χ0n) is 15.2. The molecular weight excluding hydrogens is 328 g/mol. The van der Waals surface area contributed by atoms with Crippen LogP contribution in [0.4, 0.5) is 5.82 Å². The number of rotatable bonds is 7. The Labute approximate surface area is 154 Å². The fourth-order valence-electron chi connectivity index (χ4n) is 3.39. The van der Waals surface area contributed by atoms with Crippen LogP contribution in [0.1, 0.15) is 25.0 Å². The number of nitrogens with zero attached hydrogens (tertiary/aromatic N) is 3. The third-order valence-electron chi connectivity index (χ3n) is 4.69. The lowest BCUT2D eigenvalue weighted by Gasteiger charge is -2.33. The van der Waals surface area contributed by atoms with E-state index in [1.807, 2.05) is 42.3 Å². The summed E-state index contributed by atoms with van der Waals surface area (Å²) in [5, 5.41) is 3.09. The monoisotopic (exact) mass is 354 g/mol. The van der Waals surface area contributed by atoms with Gasteiger partial charge in [-0.05, 0) is 37.3 Å². The van der Waals surface area contributed by atoms with Gasteiger partial charge in [0.15, 0.2) is 0 Å². The van der Waals surface area contributed by atoms with Crippen LogP contribution in [-0.4, -0.2) is 47.5 Å². The standard InChI is InChI=1S/C20H26N4O2/c1-21-20-18(22-10-11-23-20)14-16-6-5-12-24(15-16)19(25)9-13-26-17-7-3-2-4-8-17/h2-4,7-8,10-11,16H,5-6,9,12-15H2,1H3,(H,21,23). The number of carbonyl (C=O) groups excluding carboxylic acids is 1. The van der Waals surface area contributed by atoms with Crippen molar-refractivity contribution in [2.75, 3.05) is 32.1 Å². The molecule has 0 spiro atoms. The van der Waals surface area contributed by atoms with Crippen molar-refractivity contribution in [1.29, 1.82) is 0 Å². The minimum Gasteiger partial charge on any atom is -0.493 e. The lowest BCUT2D eigenvalue weighted by Crippen LogP contribution is -2.41. The largest absolute Gasteiger partial charge is 0.493 e. The first-order chi connectivity index (χ1) is 12.8. The van der Waals surface area contributed by atoms with Crippen LogP contribution in [0.25, 0.3) is 0 Å². The number of ether oxygens (including phenoxy) is 1. The molecule has 138 valence electrons. The van der Waals surface area contributed by atoms with E-state index < -0.39 is 0 Å². The van der Waals surface area contributed by atoms with E-state index in [2.05, 4.69) is 15.3 Å². The maximum atomic E-state index is 12.5. The van der Waals surface area contributed by atoms with Gasteiger partial charge in [0, 0.05) is 32.5 Å². The van der Waals surface area contributed by atoms with Gasteiger partial charge in [-0.1, -0.05) is 18.2 Å². The van der Waals surface area contributed by atoms with Crippen LogP contribution in [0.2, 0.25) is 0 Å². The third-order valence-corrected chi connectivity index (χ3v) is 4.69. The van der Waals surface area contributed by atoms with Crippen LogP contribution in [0, 0.1) is 5.92 Å². The second kappa shape index (κ2) is 9.17. The number of aromatic nitrogens is 2. The Morgan fingerprint density at radius 2 is 2.08 bits per heavy atom. The first kappa shape index (κ1) is 18.2. The topological polar surface area (TPSA) is 67.4 Å². The lowest BCUT2D eigenvalue weighted by molar-refractivity contribution is -0.133. The Morgan fingerprint density at radius 1 is 1.27 bits per heavy atom. The smallest absolute Gasteiger partial charge is 0.226 e. The second-order valence-electron chi connectivity index (χ2n) is 6.57. The third kappa shape index (κ3) is 4.94. The molecule has 2 aromatic rings. The van der Waals surface area contributed by atoms with Gasteiger partial charge >= 0.3 is 0 Å². The fraction of sp³-hybridized carbons (Fsp3) is 0.450. The number of carbonyl (C=O) groups is 1. The summed E-state index contributed by atoms with van der Waals surface area (Å²) in [7, 11) is 1.86. The Balaban J connectivity index is 1.49. The molecule has 6 heteroatoms. The molecule has 1 aliphatic rings. The van der Waals surface area contributed by atoms with Crippen LogP contribution in [0.5, 0.6) is 5.75 Å². The highest BCUT2D eigenvalue weighted by Crippen LogP contribution is 2.23. The molecule has 0 radical (unpaired) electrons. The van der Waals surface area contributed by atoms with Gasteiger partial charge in [-0.2, -0.15) is 0 Å². The zero-order valence-corrected chi connectivity index (χ0v) is 15.2. The Bertz CT molecular complexity index is 708. The van der Waals surface area contributed by atoms with Gasteiger partial charge in [0.2, 0.25) is 5.91 Å². The fourth-order valence-corrected chi connectivity index (χ4v) is 3.39. The molecule has 1 aromatic carbocycles. The molecule has 1 N–H and O–H groups in total. The van der Waals surface area contributed by atoms with Gasteiger partial charge in [0.1, 0.15) is 11.6 Å². The second-order valence-corrected chi connectivity index (χ2v) is 6.57. The highest BCUT2D eigenvalue weighted by atomic mass is 16.5. The van der Waals surface area contributed by atoms with E-state index in [1.165, 1.54) is 0 Å². The zero-order chi connectivity index (χ0) is 18.2. The SMILES string of the molecule is CNc1nccnc1CC1CCCN(C(=O)CCOc2ccccc2)C1. The summed E-state index contributed by atoms with van der Waals surface area (Å²) >= 11 is 0. The maximum Gasteiger partial charge on any atom is 0.226 e. The number of benzene rings is 1. The number of anilines is 1. The summed E-state index contributed by atoms with van der Waals surface area (Å²) in [4.78, 5) is 23.2. The van der Waals surface area contributed by atoms with Crippen molar-refractivity contribution < 1.29 is 9.53 Å². The van der Waals surface area contributed by atoms with Crippen molar-refractivity contribution in [2.24, 2.45) is 5.92 Å². The Morgan fingerprint density at radius 3 is 2.88 bits per heavy atom. The van der Waals surface area contributed by atoms with Gasteiger partial charge in [0.25, 0.3) is 0 Å². The predicted octanol–water partition coefficient (Wildman–Crippen LogP) is 2.77. The Hall–Kier alpha value is -2.63. The Kier molecular flexibility index (Phi) is 6.41. The van der Waals surface area contributed by atoms with Crippen LogP contribution in [0.15, 0.2) is 42.7 Å². The summed E-state index contributed by atoms with van der Waals surface area (Å²) < 4.78 is 5.65. The van der Waals surface area contributed by atoms with Crippen molar-refractivity contribution in [3.63, 3.8) is 0 Å². The molecule has 1 atom stereocenters. The van der Waals surface area contributed by atoms with Gasteiger partial charge in [-0.3, -0.25) is 9.78 Å². The lowest BCUT2D eigenvalue weighted by atomic mass is 9.93. The van der Waals surface area contributed by atoms with Crippen LogP contribution in [-0.2, 0) is 11.2 Å². The number of amides is 1. The number of nitrogens with one attached hydrogen (secondary N) is 1. The van der Waals surface area contributed by atoms with Gasteiger partial charge < -0.3 is 15.0 Å². The van der Waals surface area contributed by atoms with E-state index in [0.717, 1.165) is 49.6 Å². The highest BCUT2D eigenvalue weighted by Gasteiger charge is 2.24. The number of hydrogen-bond donors (Lipinski definition) is 1. The van der Waals surface area contributed by atoms with Gasteiger partial charge in [-0.15, -0.1) is 0 Å². The highest BCUT2D eigenvalue weighted by molar-refractivity contribution is 5.76. The first-order valence-electron chi connectivity index (χ1n) is 9.19. The summed E-state index contributed by atoms with van der Waals surface area (Å²) in [5.41, 5.74) is 0.974. The van der Waals surface area contributed by atoms with E-state index >= 15 is 0 Å². The molecule has 3 rings (SSSR count).